The van der Waals surface area contributed by atoms with Crippen molar-refractivity contribution >= 4 is 34.2 Å². The van der Waals surface area contributed by atoms with Gasteiger partial charge in [0.2, 0.25) is 0 Å². The average molecular weight is 432 g/mol. The van der Waals surface area contributed by atoms with Crippen LogP contribution in [0.2, 0.25) is 0 Å². The maximum Gasteiger partial charge on any atom is 0.178 e. The first-order valence-corrected chi connectivity index (χ1v) is 9.84. The van der Waals surface area contributed by atoms with Gasteiger partial charge in [0.25, 0.3) is 0 Å². The van der Waals surface area contributed by atoms with Crippen LogP contribution in [0.25, 0.3) is 0 Å². The topological polar surface area (TPSA) is 34.1 Å². The van der Waals surface area contributed by atoms with Crippen molar-refractivity contribution in [2.24, 2.45) is 28.6 Å². The molecule has 0 bridgehead atoms. The van der Waals surface area contributed by atoms with Gasteiger partial charge in [0.05, 0.1) is 0 Å². The number of allylic oxidation sites excluding steroid dienone is 6. The van der Waals surface area contributed by atoms with Crippen molar-refractivity contribution in [1.82, 2.24) is 0 Å². The average Bonchev–Trinajstić information content (AvgIpc) is 2.88. The fourth-order valence-electron chi connectivity index (χ4n) is 5.73. The third-order valence-corrected chi connectivity index (χ3v) is 7.41. The highest BCUT2D eigenvalue weighted by Crippen LogP contribution is 2.62. The van der Waals surface area contributed by atoms with Crippen LogP contribution in [0.4, 0.5) is 0 Å². The summed E-state index contributed by atoms with van der Waals surface area (Å²) in [5, 5.41) is 0. The van der Waals surface area contributed by atoms with Crippen molar-refractivity contribution in [2.45, 2.75) is 39.0 Å². The number of hydrogen-bond donors (Lipinski definition) is 0. The van der Waals surface area contributed by atoms with Crippen molar-refractivity contribution in [2.75, 3.05) is 0 Å². The molecule has 4 aliphatic carbocycles. The molecule has 124 valence electrons. The van der Waals surface area contributed by atoms with Crippen molar-refractivity contribution in [3.63, 3.8) is 0 Å². The molecule has 0 amide bonds. The molecule has 0 radical (unpaired) electrons. The maximum atomic E-state index is 12.5. The van der Waals surface area contributed by atoms with Gasteiger partial charge in [-0.2, -0.15) is 0 Å². The van der Waals surface area contributed by atoms with Gasteiger partial charge < -0.3 is 0 Å². The second-order valence-electron chi connectivity index (χ2n) is 7.89. The van der Waals surface area contributed by atoms with E-state index in [4.69, 9.17) is 0 Å². The number of carbonyl (C=O) groups excluding carboxylic acids is 2. The third kappa shape index (κ3) is 2.15. The van der Waals surface area contributed by atoms with Crippen LogP contribution in [0.5, 0.6) is 0 Å². The summed E-state index contributed by atoms with van der Waals surface area (Å²) in [6.07, 6.45) is 14.6. The van der Waals surface area contributed by atoms with E-state index in [1.807, 2.05) is 0 Å². The highest BCUT2D eigenvalue weighted by molar-refractivity contribution is 14.1. The lowest BCUT2D eigenvalue weighted by molar-refractivity contribution is -0.130. The molecule has 0 saturated heterocycles. The molecule has 2 fully saturated rings. The molecule has 0 aromatic heterocycles. The SMILES string of the molecule is C[C@]12CC[C@H]3[C@@H](C=CC4=CC(=O)C=C[C@@]43CC#CI)[C@@H]1CCC2=O. The lowest BCUT2D eigenvalue weighted by Gasteiger charge is -2.54. The Morgan fingerprint density at radius 3 is 2.88 bits per heavy atom. The van der Waals surface area contributed by atoms with Gasteiger partial charge in [0.15, 0.2) is 5.78 Å². The van der Waals surface area contributed by atoms with Crippen LogP contribution in [0.1, 0.15) is 39.0 Å². The molecule has 0 spiro atoms. The summed E-state index contributed by atoms with van der Waals surface area (Å²) < 4.78 is 3.01. The molecule has 0 N–H and O–H groups in total. The summed E-state index contributed by atoms with van der Waals surface area (Å²) in [4.78, 5) is 24.4. The van der Waals surface area contributed by atoms with E-state index < -0.39 is 0 Å². The minimum Gasteiger partial charge on any atom is -0.299 e. The Morgan fingerprint density at radius 2 is 2.08 bits per heavy atom. The summed E-state index contributed by atoms with van der Waals surface area (Å²) in [7, 11) is 0. The van der Waals surface area contributed by atoms with E-state index in [0.717, 1.165) is 37.7 Å². The van der Waals surface area contributed by atoms with Gasteiger partial charge in [0.1, 0.15) is 5.78 Å². The molecule has 0 aliphatic heterocycles. The minimum absolute atomic E-state index is 0.0721. The Morgan fingerprint density at radius 1 is 1.25 bits per heavy atom. The van der Waals surface area contributed by atoms with Gasteiger partial charge in [-0.25, -0.2) is 0 Å². The molecule has 0 heterocycles. The molecule has 24 heavy (non-hydrogen) atoms. The third-order valence-electron chi connectivity index (χ3n) is 7.03. The van der Waals surface area contributed by atoms with Crippen molar-refractivity contribution in [1.29, 1.82) is 0 Å². The van der Waals surface area contributed by atoms with E-state index in [1.165, 1.54) is 0 Å². The number of carbonyl (C=O) groups is 2. The lowest BCUT2D eigenvalue weighted by atomic mass is 9.49. The first kappa shape index (κ1) is 16.3. The predicted octanol–water partition coefficient (Wildman–Crippen LogP) is 4.41. The van der Waals surface area contributed by atoms with Crippen molar-refractivity contribution in [3.8, 4) is 9.85 Å². The normalized spacial score (nSPS) is 42.6. The molecular weight excluding hydrogens is 411 g/mol. The molecule has 0 aromatic rings. The van der Waals surface area contributed by atoms with E-state index in [1.54, 1.807) is 12.2 Å². The number of ketones is 2. The largest absolute Gasteiger partial charge is 0.299 e. The Bertz CT molecular complexity index is 762. The van der Waals surface area contributed by atoms with Gasteiger partial charge in [-0.3, -0.25) is 9.59 Å². The van der Waals surface area contributed by atoms with Gasteiger partial charge in [-0.05, 0) is 58.7 Å². The van der Waals surface area contributed by atoms with E-state index in [0.29, 0.717) is 23.5 Å². The second kappa shape index (κ2) is 5.69. The molecule has 2 saturated carbocycles. The van der Waals surface area contributed by atoms with Crippen LogP contribution in [0.15, 0.2) is 36.0 Å². The smallest absolute Gasteiger partial charge is 0.178 e. The van der Waals surface area contributed by atoms with Gasteiger partial charge in [-0.15, -0.1) is 0 Å². The van der Waals surface area contributed by atoms with Crippen LogP contribution >= 0.6 is 22.6 Å². The summed E-state index contributed by atoms with van der Waals surface area (Å²) in [5.74, 6) is 5.10. The molecule has 5 atom stereocenters. The van der Waals surface area contributed by atoms with Crippen molar-refractivity contribution < 1.29 is 9.59 Å². The molecular formula is C21H21IO2. The van der Waals surface area contributed by atoms with E-state index in [9.17, 15) is 9.59 Å². The van der Waals surface area contributed by atoms with Crippen LogP contribution in [-0.4, -0.2) is 11.6 Å². The number of halogens is 1. The first-order chi connectivity index (χ1) is 11.5. The van der Waals surface area contributed by atoms with Gasteiger partial charge in [-0.1, -0.05) is 31.1 Å². The fourth-order valence-corrected chi connectivity index (χ4v) is 5.92. The standard InChI is InChI=1S/C21H21IO2/c1-20-10-8-18-16(17(20)5-6-19(20)24)4-3-14-13-15(23)7-11-21(14,18)9-2-12-22/h3-4,7,11,13,16-18H,5-6,8-10H2,1H3/t16-,17-,18-,20-,21-/m0/s1. The molecule has 0 unspecified atom stereocenters. The zero-order valence-corrected chi connectivity index (χ0v) is 16.0. The number of fused-ring (bicyclic) bond motifs is 5. The molecule has 0 aromatic carbocycles. The summed E-state index contributed by atoms with van der Waals surface area (Å²) in [5.41, 5.74) is 0.818. The Labute approximate surface area is 157 Å². The Hall–Kier alpha value is -1.15. The zero-order valence-electron chi connectivity index (χ0n) is 13.8. The number of rotatable bonds is 1. The Kier molecular flexibility index (Phi) is 3.87. The predicted molar refractivity (Wildman–Crippen MR) is 102 cm³/mol. The quantitative estimate of drug-likeness (QED) is 0.455. The van der Waals surface area contributed by atoms with Gasteiger partial charge >= 0.3 is 0 Å². The first-order valence-electron chi connectivity index (χ1n) is 8.77. The number of Topliss-reactive ketones (excluding diaryl/α,β-unsaturated/α-hetero) is 1. The highest BCUT2D eigenvalue weighted by Gasteiger charge is 2.58. The summed E-state index contributed by atoms with van der Waals surface area (Å²) in [6.45, 7) is 2.18. The fraction of sp³-hybridized carbons (Fsp3) is 0.524. The minimum atomic E-state index is -0.154. The van der Waals surface area contributed by atoms with E-state index >= 15 is 0 Å². The Balaban J connectivity index is 1.80. The van der Waals surface area contributed by atoms with Gasteiger partial charge in [0, 0.05) is 46.3 Å². The van der Waals surface area contributed by atoms with Crippen molar-refractivity contribution in [3.05, 3.63) is 36.0 Å². The summed E-state index contributed by atoms with van der Waals surface area (Å²) >= 11 is 2.09. The highest BCUT2D eigenvalue weighted by atomic mass is 127. The molecule has 4 aliphatic rings. The van der Waals surface area contributed by atoms with E-state index in [-0.39, 0.29) is 16.6 Å². The van der Waals surface area contributed by atoms with Crippen LogP contribution in [0.3, 0.4) is 0 Å². The van der Waals surface area contributed by atoms with E-state index in [2.05, 4.69) is 57.6 Å². The zero-order chi connectivity index (χ0) is 16.9. The number of hydrogen-bond acceptors (Lipinski definition) is 2. The second-order valence-corrected chi connectivity index (χ2v) is 8.43. The van der Waals surface area contributed by atoms with Crippen LogP contribution in [-0.2, 0) is 9.59 Å². The van der Waals surface area contributed by atoms with Crippen LogP contribution < -0.4 is 0 Å². The molecule has 4 rings (SSSR count). The maximum absolute atomic E-state index is 12.5. The van der Waals surface area contributed by atoms with Crippen LogP contribution in [0, 0.1) is 38.4 Å². The molecule has 3 heteroatoms. The molecule has 2 nitrogen and oxygen atoms in total. The lowest BCUT2D eigenvalue weighted by Crippen LogP contribution is -2.49. The monoisotopic (exact) mass is 432 g/mol. The summed E-state index contributed by atoms with van der Waals surface area (Å²) in [6, 6.07) is 0.